The van der Waals surface area contributed by atoms with Crippen LogP contribution in [0.15, 0.2) is 52.4 Å². The number of aromatic nitrogens is 4. The van der Waals surface area contributed by atoms with Gasteiger partial charge in [-0.1, -0.05) is 0 Å². The number of aryl methyl sites for hydroxylation is 1. The number of pyridine rings is 2. The Hall–Kier alpha value is -4.16. The highest BCUT2D eigenvalue weighted by atomic mass is 32.2. The third kappa shape index (κ3) is 7.95. The van der Waals surface area contributed by atoms with E-state index in [1.807, 2.05) is 42.3 Å². The number of fused-ring (bicyclic) bond motifs is 1. The fourth-order valence-electron chi connectivity index (χ4n) is 11.8. The Morgan fingerprint density at radius 1 is 0.948 bits per heavy atom. The van der Waals surface area contributed by atoms with Gasteiger partial charge in [0, 0.05) is 92.6 Å². The number of benzene rings is 1. The number of rotatable bonds is 11. The molecule has 6 fully saturated rings. The second-order valence-corrected chi connectivity index (χ2v) is 19.6. The molecule has 308 valence electrons. The van der Waals surface area contributed by atoms with Crippen LogP contribution in [0.5, 0.6) is 0 Å². The van der Waals surface area contributed by atoms with Crippen molar-refractivity contribution >= 4 is 40.3 Å². The van der Waals surface area contributed by atoms with Gasteiger partial charge < -0.3 is 20.1 Å². The third-order valence-corrected chi connectivity index (χ3v) is 15.1. The number of H-pyrrole nitrogens is 1. The van der Waals surface area contributed by atoms with Gasteiger partial charge in [0.25, 0.3) is 11.5 Å². The van der Waals surface area contributed by atoms with Crippen molar-refractivity contribution in [1.29, 1.82) is 0 Å². The summed E-state index contributed by atoms with van der Waals surface area (Å²) in [6, 6.07) is 10.3. The third-order valence-electron chi connectivity index (χ3n) is 14.3. The Morgan fingerprint density at radius 2 is 1.66 bits per heavy atom. The number of thioether (sulfide) groups is 1. The predicted molar refractivity (Wildman–Crippen MR) is 231 cm³/mol. The van der Waals surface area contributed by atoms with E-state index in [1.165, 1.54) is 50.3 Å². The summed E-state index contributed by atoms with van der Waals surface area (Å²) in [5.41, 5.74) is 4.81. The number of carbonyl (C=O) groups excluding carboxylic acids is 2. The van der Waals surface area contributed by atoms with Crippen LogP contribution in [0.3, 0.4) is 0 Å². The lowest BCUT2D eigenvalue weighted by molar-refractivity contribution is -0.141. The number of piperidine rings is 1. The summed E-state index contributed by atoms with van der Waals surface area (Å²) in [6.45, 7) is 12.9. The lowest BCUT2D eigenvalue weighted by atomic mass is 9.49. The number of piperazine rings is 1. The van der Waals surface area contributed by atoms with E-state index in [0.29, 0.717) is 28.4 Å². The molecule has 2 amide bonds. The summed E-state index contributed by atoms with van der Waals surface area (Å²) in [7, 11) is 0. The molecule has 4 aromatic rings. The number of carbonyl (C=O) groups is 2. The Bertz CT molecular complexity index is 2200. The number of likely N-dealkylation sites (tertiary alicyclic amines) is 1. The molecular weight excluding hydrogens is 745 g/mol. The van der Waals surface area contributed by atoms with Gasteiger partial charge in [-0.3, -0.25) is 24.0 Å². The highest BCUT2D eigenvalue weighted by molar-refractivity contribution is 7.98. The van der Waals surface area contributed by atoms with E-state index in [1.54, 1.807) is 6.20 Å². The van der Waals surface area contributed by atoms with Crippen LogP contribution in [-0.2, 0) is 11.3 Å². The van der Waals surface area contributed by atoms with E-state index in [0.717, 1.165) is 121 Å². The first kappa shape index (κ1) is 39.3. The lowest BCUT2D eigenvalue weighted by Crippen LogP contribution is -2.50. The molecule has 3 aromatic heterocycles. The quantitative estimate of drug-likeness (QED) is 0.152. The Balaban J connectivity index is 0.824. The van der Waals surface area contributed by atoms with E-state index < -0.39 is 0 Å². The Morgan fingerprint density at radius 3 is 2.33 bits per heavy atom. The molecule has 58 heavy (non-hydrogen) atoms. The summed E-state index contributed by atoms with van der Waals surface area (Å²) < 4.78 is 1.96. The fourth-order valence-corrected chi connectivity index (χ4v) is 12.5. The van der Waals surface area contributed by atoms with Crippen LogP contribution < -0.4 is 15.8 Å². The molecule has 2 saturated heterocycles. The number of nitrogens with zero attached hydrogens (tertiary/aromatic N) is 6. The second kappa shape index (κ2) is 16.1. The molecule has 5 heterocycles. The molecule has 6 aliphatic rings. The van der Waals surface area contributed by atoms with Gasteiger partial charge in [0.15, 0.2) is 0 Å². The second-order valence-electron chi connectivity index (χ2n) is 18.8. The van der Waals surface area contributed by atoms with Crippen molar-refractivity contribution in [2.24, 2.45) is 29.1 Å². The fraction of sp³-hybridized carbons (Fsp3) is 0.587. The van der Waals surface area contributed by atoms with Crippen LogP contribution in [0.1, 0.15) is 99.3 Å². The van der Waals surface area contributed by atoms with E-state index >= 15 is 0 Å². The molecule has 0 atom stereocenters. The van der Waals surface area contributed by atoms with Gasteiger partial charge in [0.1, 0.15) is 5.82 Å². The van der Waals surface area contributed by atoms with E-state index in [2.05, 4.69) is 56.1 Å². The molecule has 2 N–H and O–H groups in total. The van der Waals surface area contributed by atoms with Crippen LogP contribution >= 0.6 is 11.8 Å². The van der Waals surface area contributed by atoms with Gasteiger partial charge in [-0.05, 0) is 149 Å². The zero-order valence-electron chi connectivity index (χ0n) is 34.8. The molecule has 4 aliphatic carbocycles. The number of aromatic amines is 1. The lowest BCUT2D eigenvalue weighted by Gasteiger charge is -2.57. The molecule has 10 rings (SSSR count). The molecule has 1 aromatic carbocycles. The van der Waals surface area contributed by atoms with Gasteiger partial charge in [-0.15, -0.1) is 11.8 Å². The Kier molecular flexibility index (Phi) is 10.9. The molecule has 0 spiro atoms. The zero-order valence-corrected chi connectivity index (χ0v) is 35.6. The maximum atomic E-state index is 13.9. The Labute approximate surface area is 346 Å². The van der Waals surface area contributed by atoms with Gasteiger partial charge in [-0.25, -0.2) is 4.98 Å². The van der Waals surface area contributed by atoms with Gasteiger partial charge in [-0.2, -0.15) is 5.10 Å². The van der Waals surface area contributed by atoms with Crippen LogP contribution in [0.25, 0.3) is 22.0 Å². The standard InChI is InChI=1S/C46H60N8O3S/c1-29(2)54-40-20-36(19-37(38(40)27-49-54)44(56)48-26-39-41(58-4)15-30(3)50-45(39)57)35-5-8-47-42(21-35)52-13-11-51(12-14-52)28-31-6-9-53(10-7-31)43(55)25-46-22-32-16-33(23-46)18-34(17-32)24-46/h5,8,15,19-21,27,29,31-34H,6-7,9-14,16-18,22-26,28H2,1-4H3,(H,48,56)(H,50,57). The number of amides is 2. The summed E-state index contributed by atoms with van der Waals surface area (Å²) in [4.78, 5) is 56.1. The van der Waals surface area contributed by atoms with Gasteiger partial charge in [0.05, 0.1) is 17.3 Å². The van der Waals surface area contributed by atoms with E-state index in [-0.39, 0.29) is 24.1 Å². The van der Waals surface area contributed by atoms with Crippen molar-refractivity contribution in [3.8, 4) is 11.1 Å². The first-order chi connectivity index (χ1) is 28.0. The molecule has 12 heteroatoms. The molecule has 11 nitrogen and oxygen atoms in total. The highest BCUT2D eigenvalue weighted by Crippen LogP contribution is 2.61. The smallest absolute Gasteiger partial charge is 0.254 e. The van der Waals surface area contributed by atoms with E-state index in [9.17, 15) is 14.4 Å². The van der Waals surface area contributed by atoms with Crippen LogP contribution in [0.2, 0.25) is 0 Å². The minimum Gasteiger partial charge on any atom is -0.354 e. The zero-order chi connectivity index (χ0) is 40.1. The number of nitrogens with one attached hydrogen (secondary N) is 2. The van der Waals surface area contributed by atoms with Crippen molar-refractivity contribution in [1.82, 2.24) is 34.9 Å². The van der Waals surface area contributed by atoms with E-state index in [4.69, 9.17) is 4.98 Å². The maximum absolute atomic E-state index is 13.9. The van der Waals surface area contributed by atoms with Crippen molar-refractivity contribution in [3.63, 3.8) is 0 Å². The summed E-state index contributed by atoms with van der Waals surface area (Å²) >= 11 is 1.50. The molecular formula is C46H60N8O3S. The summed E-state index contributed by atoms with van der Waals surface area (Å²) in [5.74, 6) is 4.46. The number of anilines is 1. The number of hydrogen-bond donors (Lipinski definition) is 2. The molecule has 0 radical (unpaired) electrons. The SMILES string of the molecule is CSc1cc(C)[nH]c(=O)c1CNC(=O)c1cc(-c2ccnc(N3CCN(CC4CCN(C(=O)CC56CC7CC(CC(C7)C5)C6)CC4)CC3)c2)cc2c1cnn2C(C)C. The summed E-state index contributed by atoms with van der Waals surface area (Å²) in [6.07, 6.45) is 16.8. The van der Waals surface area contributed by atoms with Crippen LogP contribution in [-0.4, -0.2) is 93.4 Å². The van der Waals surface area contributed by atoms with Crippen LogP contribution in [0, 0.1) is 36.0 Å². The average molecular weight is 805 g/mol. The van der Waals surface area contributed by atoms with Gasteiger partial charge in [0.2, 0.25) is 5.91 Å². The topological polar surface area (TPSA) is 119 Å². The first-order valence-corrected chi connectivity index (χ1v) is 23.0. The largest absolute Gasteiger partial charge is 0.354 e. The van der Waals surface area contributed by atoms with Crippen LogP contribution in [0.4, 0.5) is 5.82 Å². The van der Waals surface area contributed by atoms with Gasteiger partial charge >= 0.3 is 0 Å². The average Bonchev–Trinajstić information content (AvgIpc) is 3.64. The monoisotopic (exact) mass is 804 g/mol. The van der Waals surface area contributed by atoms with Crippen molar-refractivity contribution in [2.75, 3.05) is 57.0 Å². The molecule has 2 aliphatic heterocycles. The first-order valence-electron chi connectivity index (χ1n) is 21.8. The van der Waals surface area contributed by atoms with Crippen molar-refractivity contribution < 1.29 is 9.59 Å². The predicted octanol–water partition coefficient (Wildman–Crippen LogP) is 7.29. The summed E-state index contributed by atoms with van der Waals surface area (Å²) in [5, 5.41) is 8.48. The minimum absolute atomic E-state index is 0.106. The maximum Gasteiger partial charge on any atom is 0.254 e. The normalized spacial score (nSPS) is 24.9. The molecule has 0 unspecified atom stereocenters. The van der Waals surface area contributed by atoms with Crippen molar-refractivity contribution in [2.45, 2.75) is 96.0 Å². The van der Waals surface area contributed by atoms with Crippen molar-refractivity contribution in [3.05, 3.63) is 69.9 Å². The highest BCUT2D eigenvalue weighted by Gasteiger charge is 2.51. The molecule has 4 saturated carbocycles. The molecule has 4 bridgehead atoms. The number of hydrogen-bond acceptors (Lipinski definition) is 8. The minimum atomic E-state index is -0.248.